The Morgan fingerprint density at radius 2 is 1.54 bits per heavy atom. The van der Waals surface area contributed by atoms with Gasteiger partial charge >= 0.3 is 6.03 Å². The normalized spacial score (nSPS) is 15.6. The number of sulfone groups is 1. The molecule has 0 radical (unpaired) electrons. The maximum atomic E-state index is 12.5. The molecule has 0 aromatic heterocycles. The van der Waals surface area contributed by atoms with E-state index in [9.17, 15) is 13.2 Å². The minimum absolute atomic E-state index is 0.0850. The number of benzene rings is 2. The van der Waals surface area contributed by atoms with Gasteiger partial charge in [0.2, 0.25) is 0 Å². The first kappa shape index (κ1) is 18.5. The molecule has 1 saturated heterocycles. The number of likely N-dealkylation sites (tertiary alicyclic amines) is 1. The van der Waals surface area contributed by atoms with E-state index in [2.05, 4.69) is 5.32 Å². The zero-order valence-electron chi connectivity index (χ0n) is 14.7. The minimum Gasteiger partial charge on any atom is -0.334 e. The first-order valence-electron chi connectivity index (χ1n) is 8.89. The summed E-state index contributed by atoms with van der Waals surface area (Å²) in [6, 6.07) is 18.3. The molecule has 1 fully saturated rings. The van der Waals surface area contributed by atoms with Crippen LogP contribution in [0.2, 0.25) is 0 Å². The quantitative estimate of drug-likeness (QED) is 0.877. The second kappa shape index (κ2) is 8.36. The van der Waals surface area contributed by atoms with Crippen molar-refractivity contribution in [2.24, 2.45) is 5.92 Å². The van der Waals surface area contributed by atoms with E-state index in [0.717, 1.165) is 5.56 Å². The third-order valence-corrected chi connectivity index (χ3v) is 6.65. The van der Waals surface area contributed by atoms with E-state index in [0.29, 0.717) is 37.4 Å². The van der Waals surface area contributed by atoms with Crippen LogP contribution in [0.1, 0.15) is 18.4 Å². The number of piperidine rings is 1. The first-order valence-corrected chi connectivity index (χ1v) is 10.5. The van der Waals surface area contributed by atoms with Crippen molar-refractivity contribution in [2.45, 2.75) is 24.3 Å². The van der Waals surface area contributed by atoms with Crippen molar-refractivity contribution in [3.8, 4) is 0 Å². The third kappa shape index (κ3) is 4.85. The summed E-state index contributed by atoms with van der Waals surface area (Å²) in [7, 11) is -3.26. The molecule has 0 saturated carbocycles. The number of nitrogens with one attached hydrogen (secondary N) is 1. The average molecular weight is 372 g/mol. The molecule has 1 aliphatic rings. The van der Waals surface area contributed by atoms with Crippen molar-refractivity contribution < 1.29 is 13.2 Å². The Hall–Kier alpha value is -2.34. The summed E-state index contributed by atoms with van der Waals surface area (Å²) in [6.45, 7) is 1.69. The lowest BCUT2D eigenvalue weighted by Gasteiger charge is -2.32. The van der Waals surface area contributed by atoms with Crippen LogP contribution in [-0.2, 0) is 16.4 Å². The maximum absolute atomic E-state index is 12.5. The number of hydrogen-bond acceptors (Lipinski definition) is 3. The van der Waals surface area contributed by atoms with Gasteiger partial charge in [0.25, 0.3) is 0 Å². The fraction of sp³-hybridized carbons (Fsp3) is 0.350. The van der Waals surface area contributed by atoms with E-state index in [-0.39, 0.29) is 17.7 Å². The van der Waals surface area contributed by atoms with Gasteiger partial charge in [-0.15, -0.1) is 0 Å². The molecule has 138 valence electrons. The number of carbonyl (C=O) groups excluding carboxylic acids is 1. The largest absolute Gasteiger partial charge is 0.334 e. The predicted octanol–water partition coefficient (Wildman–Crippen LogP) is 3.08. The molecule has 26 heavy (non-hydrogen) atoms. The van der Waals surface area contributed by atoms with Gasteiger partial charge < -0.3 is 10.2 Å². The van der Waals surface area contributed by atoms with Crippen molar-refractivity contribution in [1.82, 2.24) is 10.2 Å². The van der Waals surface area contributed by atoms with E-state index in [4.69, 9.17) is 0 Å². The van der Waals surface area contributed by atoms with E-state index in [1.807, 2.05) is 36.4 Å². The molecule has 0 aliphatic carbocycles. The smallest absolute Gasteiger partial charge is 0.317 e. The number of nitrogens with zero attached hydrogens (tertiary/aromatic N) is 1. The zero-order chi connectivity index (χ0) is 18.4. The van der Waals surface area contributed by atoms with Gasteiger partial charge in [0.1, 0.15) is 0 Å². The number of amides is 2. The van der Waals surface area contributed by atoms with Gasteiger partial charge in [0.05, 0.1) is 10.6 Å². The lowest BCUT2D eigenvalue weighted by Crippen LogP contribution is -2.45. The van der Waals surface area contributed by atoms with Gasteiger partial charge in [-0.3, -0.25) is 0 Å². The fourth-order valence-electron chi connectivity index (χ4n) is 3.22. The molecule has 1 aliphatic heterocycles. The van der Waals surface area contributed by atoms with Crippen LogP contribution >= 0.6 is 0 Å². The summed E-state index contributed by atoms with van der Waals surface area (Å²) < 4.78 is 25.0. The van der Waals surface area contributed by atoms with Crippen LogP contribution in [0.5, 0.6) is 0 Å². The second-order valence-corrected chi connectivity index (χ2v) is 8.70. The number of urea groups is 1. The number of carbonyl (C=O) groups is 1. The molecule has 1 N–H and O–H groups in total. The van der Waals surface area contributed by atoms with E-state index >= 15 is 0 Å². The van der Waals surface area contributed by atoms with Gasteiger partial charge in [-0.2, -0.15) is 0 Å². The third-order valence-electron chi connectivity index (χ3n) is 4.75. The van der Waals surface area contributed by atoms with Crippen LogP contribution in [0.15, 0.2) is 65.6 Å². The maximum Gasteiger partial charge on any atom is 0.317 e. The topological polar surface area (TPSA) is 66.5 Å². The summed E-state index contributed by atoms with van der Waals surface area (Å²) in [5.74, 6) is 0.245. The second-order valence-electron chi connectivity index (χ2n) is 6.67. The van der Waals surface area contributed by atoms with Gasteiger partial charge in [0.15, 0.2) is 9.84 Å². The Balaban J connectivity index is 1.47. The van der Waals surface area contributed by atoms with Gasteiger partial charge in [-0.05, 0) is 36.5 Å². The molecule has 2 amide bonds. The molecular formula is C20H24N2O3S. The van der Waals surface area contributed by atoms with Crippen LogP contribution in [0.4, 0.5) is 4.79 Å². The zero-order valence-corrected chi connectivity index (χ0v) is 15.5. The molecular weight excluding hydrogens is 348 g/mol. The fourth-order valence-corrected chi connectivity index (χ4v) is 4.94. The molecule has 3 rings (SSSR count). The van der Waals surface area contributed by atoms with E-state index in [1.165, 1.54) is 0 Å². The molecule has 0 atom stereocenters. The molecule has 1 heterocycles. The molecule has 6 heteroatoms. The molecule has 0 bridgehead atoms. The Morgan fingerprint density at radius 3 is 2.15 bits per heavy atom. The van der Waals surface area contributed by atoms with Crippen molar-refractivity contribution >= 4 is 15.9 Å². The Kier molecular flexibility index (Phi) is 5.93. The highest BCUT2D eigenvalue weighted by Gasteiger charge is 2.27. The lowest BCUT2D eigenvalue weighted by atomic mass is 9.99. The Morgan fingerprint density at radius 1 is 0.962 bits per heavy atom. The molecule has 5 nitrogen and oxygen atoms in total. The van der Waals surface area contributed by atoms with E-state index in [1.54, 1.807) is 29.2 Å². The standard InChI is InChI=1S/C20H24N2O3S/c23-20(21-15-17-7-3-1-4-8-17)22-13-11-18(12-14-22)16-26(24,25)19-9-5-2-6-10-19/h1-10,18H,11-16H2,(H,21,23). The summed E-state index contributed by atoms with van der Waals surface area (Å²) in [5, 5.41) is 2.93. The van der Waals surface area contributed by atoms with Crippen LogP contribution in [-0.4, -0.2) is 38.2 Å². The SMILES string of the molecule is O=C(NCc1ccccc1)N1CCC(CS(=O)(=O)c2ccccc2)CC1. The summed E-state index contributed by atoms with van der Waals surface area (Å²) in [4.78, 5) is 14.4. The minimum atomic E-state index is -3.26. The van der Waals surface area contributed by atoms with Crippen molar-refractivity contribution in [3.05, 3.63) is 66.2 Å². The first-order chi connectivity index (χ1) is 12.5. The molecule has 2 aromatic rings. The average Bonchev–Trinajstić information content (AvgIpc) is 2.68. The Bertz CT molecular complexity index is 815. The van der Waals surface area contributed by atoms with Gasteiger partial charge in [-0.25, -0.2) is 13.2 Å². The van der Waals surface area contributed by atoms with Crippen LogP contribution in [0, 0.1) is 5.92 Å². The van der Waals surface area contributed by atoms with E-state index < -0.39 is 9.84 Å². The van der Waals surface area contributed by atoms with Crippen molar-refractivity contribution in [3.63, 3.8) is 0 Å². The molecule has 2 aromatic carbocycles. The Labute approximate surface area is 154 Å². The highest BCUT2D eigenvalue weighted by Crippen LogP contribution is 2.22. The van der Waals surface area contributed by atoms with Gasteiger partial charge in [0, 0.05) is 19.6 Å². The number of hydrogen-bond donors (Lipinski definition) is 1. The van der Waals surface area contributed by atoms with Gasteiger partial charge in [-0.1, -0.05) is 48.5 Å². The molecule has 0 spiro atoms. The summed E-state index contributed by atoms with van der Waals surface area (Å²) >= 11 is 0. The van der Waals surface area contributed by atoms with Crippen LogP contribution in [0.25, 0.3) is 0 Å². The van der Waals surface area contributed by atoms with Crippen molar-refractivity contribution in [2.75, 3.05) is 18.8 Å². The predicted molar refractivity (Wildman–Crippen MR) is 101 cm³/mol. The highest BCUT2D eigenvalue weighted by atomic mass is 32.2. The summed E-state index contributed by atoms with van der Waals surface area (Å²) in [5.41, 5.74) is 1.06. The summed E-state index contributed by atoms with van der Waals surface area (Å²) in [6.07, 6.45) is 1.43. The van der Waals surface area contributed by atoms with Crippen LogP contribution in [0.3, 0.4) is 0 Å². The monoisotopic (exact) mass is 372 g/mol. The highest BCUT2D eigenvalue weighted by molar-refractivity contribution is 7.91. The van der Waals surface area contributed by atoms with Crippen LogP contribution < -0.4 is 5.32 Å². The lowest BCUT2D eigenvalue weighted by molar-refractivity contribution is 0.174. The molecule has 0 unspecified atom stereocenters. The number of rotatable bonds is 5. The van der Waals surface area contributed by atoms with Crippen molar-refractivity contribution in [1.29, 1.82) is 0 Å².